The van der Waals surface area contributed by atoms with E-state index in [0.29, 0.717) is 17.7 Å². The summed E-state index contributed by atoms with van der Waals surface area (Å²) >= 11 is 0. The lowest BCUT2D eigenvalue weighted by molar-refractivity contribution is -0.118. The number of rotatable bonds is 6. The minimum atomic E-state index is -0.336. The molecule has 0 spiro atoms. The van der Waals surface area contributed by atoms with E-state index in [1.807, 2.05) is 73.7 Å². The number of carbonyl (C=O) groups is 3. The molecular formula is C25H22N2O3. The predicted octanol–water partition coefficient (Wildman–Crippen LogP) is 4.21. The number of fused-ring (bicyclic) bond motifs is 1. The van der Waals surface area contributed by atoms with Crippen molar-refractivity contribution in [3.63, 3.8) is 0 Å². The maximum atomic E-state index is 13.1. The van der Waals surface area contributed by atoms with E-state index in [9.17, 15) is 14.4 Å². The van der Waals surface area contributed by atoms with Gasteiger partial charge in [0.05, 0.1) is 17.7 Å². The molecular weight excluding hydrogens is 376 g/mol. The molecule has 0 aliphatic carbocycles. The van der Waals surface area contributed by atoms with Gasteiger partial charge < -0.3 is 4.90 Å². The molecule has 0 fully saturated rings. The molecule has 3 aromatic carbocycles. The molecule has 0 bridgehead atoms. The molecule has 0 unspecified atom stereocenters. The number of amides is 3. The van der Waals surface area contributed by atoms with Gasteiger partial charge in [-0.2, -0.15) is 0 Å². The standard InChI is InChI=1S/C25H22N2O3/c1-18-12-13-21-22(16-18)25(30)26(24(21)29)15-14-23(28)27(20-10-6-3-7-11-20)17-19-8-4-2-5-9-19/h2-13,16H,14-15,17H2,1H3. The van der Waals surface area contributed by atoms with E-state index in [1.54, 1.807) is 17.0 Å². The number of benzene rings is 3. The van der Waals surface area contributed by atoms with Gasteiger partial charge in [0.2, 0.25) is 5.91 Å². The van der Waals surface area contributed by atoms with Crippen LogP contribution >= 0.6 is 0 Å². The molecule has 0 radical (unpaired) electrons. The van der Waals surface area contributed by atoms with Crippen LogP contribution in [0.25, 0.3) is 0 Å². The van der Waals surface area contributed by atoms with Crippen LogP contribution in [-0.2, 0) is 11.3 Å². The van der Waals surface area contributed by atoms with Gasteiger partial charge in [-0.3, -0.25) is 19.3 Å². The summed E-state index contributed by atoms with van der Waals surface area (Å²) in [5.41, 5.74) is 3.53. The zero-order valence-electron chi connectivity index (χ0n) is 16.7. The van der Waals surface area contributed by atoms with E-state index < -0.39 is 0 Å². The largest absolute Gasteiger partial charge is 0.308 e. The third-order valence-electron chi connectivity index (χ3n) is 5.23. The highest BCUT2D eigenvalue weighted by molar-refractivity contribution is 6.21. The summed E-state index contributed by atoms with van der Waals surface area (Å²) in [6.45, 7) is 2.36. The van der Waals surface area contributed by atoms with Gasteiger partial charge in [0.1, 0.15) is 0 Å². The highest BCUT2D eigenvalue weighted by Gasteiger charge is 2.35. The smallest absolute Gasteiger partial charge is 0.261 e. The Hall–Kier alpha value is -3.73. The van der Waals surface area contributed by atoms with Gasteiger partial charge in [-0.15, -0.1) is 0 Å². The number of anilines is 1. The molecule has 3 amide bonds. The van der Waals surface area contributed by atoms with Gasteiger partial charge in [0, 0.05) is 18.7 Å². The molecule has 0 atom stereocenters. The van der Waals surface area contributed by atoms with Crippen molar-refractivity contribution in [2.45, 2.75) is 19.9 Å². The lowest BCUT2D eigenvalue weighted by Crippen LogP contribution is -2.36. The Morgan fingerprint density at radius 2 is 1.47 bits per heavy atom. The second kappa shape index (κ2) is 8.33. The predicted molar refractivity (Wildman–Crippen MR) is 115 cm³/mol. The minimum absolute atomic E-state index is 0.0579. The van der Waals surface area contributed by atoms with E-state index >= 15 is 0 Å². The van der Waals surface area contributed by atoms with Crippen LogP contribution in [0.4, 0.5) is 5.69 Å². The summed E-state index contributed by atoms with van der Waals surface area (Å²) in [5.74, 6) is -0.810. The third-order valence-corrected chi connectivity index (χ3v) is 5.23. The highest BCUT2D eigenvalue weighted by Crippen LogP contribution is 2.25. The number of carbonyl (C=O) groups excluding carboxylic acids is 3. The molecule has 1 aliphatic rings. The molecule has 1 heterocycles. The van der Waals surface area contributed by atoms with Crippen LogP contribution in [0.1, 0.15) is 38.3 Å². The van der Waals surface area contributed by atoms with Crippen LogP contribution in [0.3, 0.4) is 0 Å². The third kappa shape index (κ3) is 3.87. The van der Waals surface area contributed by atoms with Crippen molar-refractivity contribution in [2.24, 2.45) is 0 Å². The number of hydrogen-bond donors (Lipinski definition) is 0. The molecule has 0 N–H and O–H groups in total. The summed E-state index contributed by atoms with van der Waals surface area (Å²) in [5, 5.41) is 0. The fraction of sp³-hybridized carbons (Fsp3) is 0.160. The number of para-hydroxylation sites is 1. The van der Waals surface area contributed by atoms with Crippen molar-refractivity contribution < 1.29 is 14.4 Å². The number of nitrogens with zero attached hydrogens (tertiary/aromatic N) is 2. The van der Waals surface area contributed by atoms with Crippen LogP contribution in [0.15, 0.2) is 78.9 Å². The Bertz CT molecular complexity index is 1090. The quantitative estimate of drug-likeness (QED) is 0.585. The monoisotopic (exact) mass is 398 g/mol. The molecule has 1 aliphatic heterocycles. The SMILES string of the molecule is Cc1ccc2c(c1)C(=O)N(CCC(=O)N(Cc1ccccc1)c1ccccc1)C2=O. The van der Waals surface area contributed by atoms with Gasteiger partial charge >= 0.3 is 0 Å². The summed E-state index contributed by atoms with van der Waals surface area (Å²) in [6, 6.07) is 24.4. The zero-order valence-corrected chi connectivity index (χ0v) is 16.7. The van der Waals surface area contributed by atoms with Gasteiger partial charge in [-0.1, -0.05) is 60.2 Å². The van der Waals surface area contributed by atoms with Crippen molar-refractivity contribution in [3.8, 4) is 0 Å². The van der Waals surface area contributed by atoms with E-state index in [2.05, 4.69) is 0 Å². The minimum Gasteiger partial charge on any atom is -0.308 e. The van der Waals surface area contributed by atoms with Gasteiger partial charge in [-0.05, 0) is 36.8 Å². The average Bonchev–Trinajstić information content (AvgIpc) is 3.01. The zero-order chi connectivity index (χ0) is 21.1. The Morgan fingerprint density at radius 3 is 2.17 bits per heavy atom. The van der Waals surface area contributed by atoms with Crippen molar-refractivity contribution in [2.75, 3.05) is 11.4 Å². The first kappa shape index (κ1) is 19.6. The Balaban J connectivity index is 1.51. The van der Waals surface area contributed by atoms with Crippen LogP contribution in [0, 0.1) is 6.92 Å². The number of imide groups is 1. The van der Waals surface area contributed by atoms with Crippen LogP contribution in [0.5, 0.6) is 0 Å². The summed E-state index contributed by atoms with van der Waals surface area (Å²) < 4.78 is 0. The van der Waals surface area contributed by atoms with Gasteiger partial charge in [-0.25, -0.2) is 0 Å². The number of hydrogen-bond acceptors (Lipinski definition) is 3. The molecule has 5 heteroatoms. The maximum Gasteiger partial charge on any atom is 0.261 e. The summed E-state index contributed by atoms with van der Waals surface area (Å²) in [6.07, 6.45) is 0.0617. The second-order valence-corrected chi connectivity index (χ2v) is 7.36. The molecule has 4 rings (SSSR count). The van der Waals surface area contributed by atoms with Crippen molar-refractivity contribution in [1.29, 1.82) is 0 Å². The molecule has 30 heavy (non-hydrogen) atoms. The average molecular weight is 398 g/mol. The van der Waals surface area contributed by atoms with E-state index in [1.165, 1.54) is 4.90 Å². The van der Waals surface area contributed by atoms with E-state index in [4.69, 9.17) is 0 Å². The van der Waals surface area contributed by atoms with Crippen LogP contribution in [0.2, 0.25) is 0 Å². The Kier molecular flexibility index (Phi) is 5.44. The van der Waals surface area contributed by atoms with Crippen LogP contribution in [-0.4, -0.2) is 29.2 Å². The fourth-order valence-corrected chi connectivity index (χ4v) is 3.65. The molecule has 150 valence electrons. The van der Waals surface area contributed by atoms with Crippen molar-refractivity contribution in [3.05, 3.63) is 101 Å². The van der Waals surface area contributed by atoms with Crippen molar-refractivity contribution in [1.82, 2.24) is 4.90 Å². The molecule has 0 saturated heterocycles. The molecule has 3 aromatic rings. The maximum absolute atomic E-state index is 13.1. The lowest BCUT2D eigenvalue weighted by atomic mass is 10.1. The van der Waals surface area contributed by atoms with Gasteiger partial charge in [0.25, 0.3) is 11.8 Å². The summed E-state index contributed by atoms with van der Waals surface area (Å²) in [4.78, 5) is 41.3. The topological polar surface area (TPSA) is 57.7 Å². The first-order chi connectivity index (χ1) is 14.5. The Labute approximate surface area is 175 Å². The molecule has 5 nitrogen and oxygen atoms in total. The van der Waals surface area contributed by atoms with E-state index in [-0.39, 0.29) is 30.7 Å². The van der Waals surface area contributed by atoms with E-state index in [0.717, 1.165) is 16.8 Å². The second-order valence-electron chi connectivity index (χ2n) is 7.36. The number of aryl methyl sites for hydroxylation is 1. The summed E-state index contributed by atoms with van der Waals surface area (Å²) in [7, 11) is 0. The normalized spacial score (nSPS) is 12.8. The van der Waals surface area contributed by atoms with Gasteiger partial charge in [0.15, 0.2) is 0 Å². The van der Waals surface area contributed by atoms with Crippen LogP contribution < -0.4 is 4.90 Å². The first-order valence-electron chi connectivity index (χ1n) is 9.91. The molecule has 0 saturated carbocycles. The lowest BCUT2D eigenvalue weighted by Gasteiger charge is -2.24. The Morgan fingerprint density at radius 1 is 0.833 bits per heavy atom. The highest BCUT2D eigenvalue weighted by atomic mass is 16.2. The molecule has 0 aromatic heterocycles. The van der Waals surface area contributed by atoms with Crippen molar-refractivity contribution >= 4 is 23.4 Å². The first-order valence-corrected chi connectivity index (χ1v) is 9.91. The fourth-order valence-electron chi connectivity index (χ4n) is 3.65.